The fourth-order valence-corrected chi connectivity index (χ4v) is 0.0589. The van der Waals surface area contributed by atoms with Crippen LogP contribution in [0.4, 0.5) is 0 Å². The zero-order valence-corrected chi connectivity index (χ0v) is 8.30. The minimum atomic E-state index is -1.59. The van der Waals surface area contributed by atoms with Crippen LogP contribution >= 0.6 is 0 Å². The summed E-state index contributed by atoms with van der Waals surface area (Å²) in [7, 11) is -0.358. The topological polar surface area (TPSA) is 128 Å². The minimum absolute atomic E-state index is 0.611. The van der Waals surface area contributed by atoms with Gasteiger partial charge in [0.25, 0.3) is 5.97 Å². The number of aliphatic carboxylic acids is 1. The molecule has 0 heterocycles. The first-order valence-electron chi connectivity index (χ1n) is 3.42. The van der Waals surface area contributed by atoms with Gasteiger partial charge in [-0.15, -0.1) is 6.42 Å². The van der Waals surface area contributed by atoms with E-state index in [-0.39, 0.29) is 0 Å². The van der Waals surface area contributed by atoms with E-state index in [9.17, 15) is 4.79 Å². The molecule has 7 nitrogen and oxygen atoms in total. The molecule has 0 aromatic heterocycles. The molecule has 15 heavy (non-hydrogen) atoms. The molecule has 0 unspecified atom stereocenters. The smallest absolute Gasteiger partial charge is 0.481 e. The Bertz CT molecular complexity index is 230. The van der Waals surface area contributed by atoms with Crippen LogP contribution < -0.4 is 0 Å². The van der Waals surface area contributed by atoms with Crippen LogP contribution in [0.2, 0.25) is 0 Å². The zero-order valence-electron chi connectivity index (χ0n) is 8.30. The van der Waals surface area contributed by atoms with Gasteiger partial charge in [-0.3, -0.25) is 4.79 Å². The number of nitrogens with one attached hydrogen (secondary N) is 1. The highest BCUT2D eigenvalue weighted by Gasteiger charge is 1.93. The van der Waals surface area contributed by atoms with E-state index in [1.54, 1.807) is 5.82 Å². The summed E-state index contributed by atoms with van der Waals surface area (Å²) in [6, 6.07) is 0. The van der Waals surface area contributed by atoms with Crippen LogP contribution in [0.25, 0.3) is 0 Å². The van der Waals surface area contributed by atoms with Crippen molar-refractivity contribution in [1.82, 2.24) is 0 Å². The van der Waals surface area contributed by atoms with Gasteiger partial charge in [-0.25, -0.2) is 4.79 Å². The van der Waals surface area contributed by atoms with E-state index in [0.29, 0.717) is 6.21 Å². The van der Waals surface area contributed by atoms with Crippen molar-refractivity contribution in [2.45, 2.75) is 6.92 Å². The van der Waals surface area contributed by atoms with Crippen LogP contribution in [-0.4, -0.2) is 47.5 Å². The van der Waals surface area contributed by atoms with Crippen LogP contribution in [0.5, 0.6) is 0 Å². The molecule has 4 N–H and O–H groups in total. The third-order valence-corrected chi connectivity index (χ3v) is 0.468. The molecule has 8 heteroatoms. The molecule has 0 saturated heterocycles. The summed E-state index contributed by atoms with van der Waals surface area (Å²) in [6.45, 7) is 1.08. The quantitative estimate of drug-likeness (QED) is 0.184. The number of terminal acetylenes is 1. The van der Waals surface area contributed by atoms with Crippen LogP contribution in [0.15, 0.2) is 0 Å². The van der Waals surface area contributed by atoms with Gasteiger partial charge in [0, 0.05) is 6.92 Å². The highest BCUT2D eigenvalue weighted by molar-refractivity contribution is 6.51. The van der Waals surface area contributed by atoms with Gasteiger partial charge in [-0.05, 0) is 0 Å². The van der Waals surface area contributed by atoms with Gasteiger partial charge >= 0.3 is 13.1 Å². The molecule has 0 aromatic carbocycles. The zero-order chi connectivity index (χ0) is 12.9. The summed E-state index contributed by atoms with van der Waals surface area (Å²) in [5.41, 5.74) is 0. The molecule has 0 bridgehead atoms. The van der Waals surface area contributed by atoms with Gasteiger partial charge < -0.3 is 25.3 Å². The minimum Gasteiger partial charge on any atom is -0.481 e. The number of hydrogen-bond acceptors (Lipinski definition) is 6. The number of carboxylic acids is 1. The fraction of sp³-hybridized carbons (Fsp3) is 0.286. The lowest BCUT2D eigenvalue weighted by Crippen LogP contribution is -2.05. The standard InChI is InChI=1S/C3H5NO2.C2H3BO2.C2H4O2/c1-6-3(5)2-4;1-2-3(4)5;1-2(3)4/h2,4H,1H3;1,4-5H;1H3,(H,3,4). The van der Waals surface area contributed by atoms with Crippen molar-refractivity contribution in [1.29, 1.82) is 5.41 Å². The molecule has 0 fully saturated rings. The van der Waals surface area contributed by atoms with Crippen LogP contribution in [0.1, 0.15) is 6.92 Å². The largest absolute Gasteiger partial charge is 0.544 e. The third-order valence-electron chi connectivity index (χ3n) is 0.468. The summed E-state index contributed by atoms with van der Waals surface area (Å²) in [5.74, 6) is 0.190. The van der Waals surface area contributed by atoms with Gasteiger partial charge in [0.2, 0.25) is 0 Å². The van der Waals surface area contributed by atoms with E-state index < -0.39 is 19.1 Å². The van der Waals surface area contributed by atoms with Crippen molar-refractivity contribution in [3.05, 3.63) is 0 Å². The molecular weight excluding hydrogens is 205 g/mol. The molecule has 0 atom stereocenters. The van der Waals surface area contributed by atoms with Gasteiger partial charge in [0.15, 0.2) is 0 Å². The molecule has 0 aliphatic heterocycles. The molecule has 0 radical (unpaired) electrons. The molecule has 0 saturated carbocycles. The summed E-state index contributed by atoms with van der Waals surface area (Å²) >= 11 is 0. The molecule has 0 rings (SSSR count). The number of carboxylic acid groups (broad SMARTS) is 1. The fourth-order valence-electron chi connectivity index (χ4n) is 0.0589. The van der Waals surface area contributed by atoms with Crippen molar-refractivity contribution in [3.8, 4) is 12.2 Å². The average Bonchev–Trinajstić information content (AvgIpc) is 2.16. The Morgan fingerprint density at radius 1 is 1.53 bits per heavy atom. The molecule has 0 amide bonds. The lowest BCUT2D eigenvalue weighted by molar-refractivity contribution is -0.134. The first-order valence-corrected chi connectivity index (χ1v) is 3.42. The van der Waals surface area contributed by atoms with E-state index in [0.717, 1.165) is 6.92 Å². The normalized spacial score (nSPS) is 6.33. The summed E-state index contributed by atoms with van der Waals surface area (Å²) in [4.78, 5) is 18.7. The number of ether oxygens (including phenoxy) is 1. The number of hydrogen-bond donors (Lipinski definition) is 4. The van der Waals surface area contributed by atoms with Gasteiger partial charge in [-0.2, -0.15) is 0 Å². The number of carbonyl (C=O) groups is 2. The summed E-state index contributed by atoms with van der Waals surface area (Å²) < 4.78 is 4.02. The Balaban J connectivity index is -0.000000147. The third kappa shape index (κ3) is 72.6. The second-order valence-electron chi connectivity index (χ2n) is 1.73. The van der Waals surface area contributed by atoms with Gasteiger partial charge in [0.05, 0.1) is 7.11 Å². The number of rotatable bonds is 1. The van der Waals surface area contributed by atoms with E-state index in [2.05, 4.69) is 11.2 Å². The van der Waals surface area contributed by atoms with Crippen molar-refractivity contribution in [3.63, 3.8) is 0 Å². The van der Waals surface area contributed by atoms with E-state index in [4.69, 9.17) is 25.4 Å². The summed E-state index contributed by atoms with van der Waals surface area (Å²) in [6.07, 6.45) is 5.03. The van der Waals surface area contributed by atoms with Crippen LogP contribution in [0.3, 0.4) is 0 Å². The SMILES string of the molecule is C#CB(O)O.CC(=O)O.COC(=O)C=N. The van der Waals surface area contributed by atoms with E-state index in [1.165, 1.54) is 7.11 Å². The maximum absolute atomic E-state index is 9.72. The van der Waals surface area contributed by atoms with Crippen molar-refractivity contribution in [2.75, 3.05) is 7.11 Å². The second-order valence-corrected chi connectivity index (χ2v) is 1.73. The lowest BCUT2D eigenvalue weighted by atomic mass is 9.95. The maximum atomic E-state index is 9.72. The van der Waals surface area contributed by atoms with Crippen molar-refractivity contribution >= 4 is 25.3 Å². The number of carbonyl (C=O) groups excluding carboxylic acids is 1. The van der Waals surface area contributed by atoms with Crippen molar-refractivity contribution < 1.29 is 29.5 Å². The molecular formula is C7H12BNO6. The highest BCUT2D eigenvalue weighted by Crippen LogP contribution is 1.58. The van der Waals surface area contributed by atoms with Gasteiger partial charge in [0.1, 0.15) is 6.21 Å². The first kappa shape index (κ1) is 18.8. The second kappa shape index (κ2) is 14.7. The molecule has 0 spiro atoms. The maximum Gasteiger partial charge on any atom is 0.544 e. The Morgan fingerprint density at radius 3 is 1.80 bits per heavy atom. The Hall–Kier alpha value is -1.85. The molecule has 0 aliphatic rings. The van der Waals surface area contributed by atoms with Gasteiger partial charge in [-0.1, -0.05) is 5.82 Å². The monoisotopic (exact) mass is 217 g/mol. The Kier molecular flexibility index (Phi) is 18.4. The molecule has 0 aromatic rings. The lowest BCUT2D eigenvalue weighted by Gasteiger charge is -1.81. The number of methoxy groups -OCH3 is 1. The molecule has 0 aliphatic carbocycles. The van der Waals surface area contributed by atoms with E-state index >= 15 is 0 Å². The number of esters is 1. The predicted molar refractivity (Wildman–Crippen MR) is 53.1 cm³/mol. The first-order chi connectivity index (χ1) is 6.81. The Labute approximate surface area is 87.3 Å². The van der Waals surface area contributed by atoms with Crippen molar-refractivity contribution in [2.24, 2.45) is 0 Å². The molecule has 84 valence electrons. The van der Waals surface area contributed by atoms with Crippen LogP contribution in [0, 0.1) is 17.7 Å². The van der Waals surface area contributed by atoms with Crippen LogP contribution in [-0.2, 0) is 14.3 Å². The average molecular weight is 217 g/mol. The predicted octanol–water partition coefficient (Wildman–Crippen LogP) is -1.47. The highest BCUT2D eigenvalue weighted by atomic mass is 16.5. The summed E-state index contributed by atoms with van der Waals surface area (Å²) in [5, 5.41) is 29.0. The Morgan fingerprint density at radius 2 is 1.80 bits per heavy atom. The van der Waals surface area contributed by atoms with E-state index in [1.807, 2.05) is 0 Å².